The summed E-state index contributed by atoms with van der Waals surface area (Å²) in [5.41, 5.74) is 9.59. The van der Waals surface area contributed by atoms with E-state index in [1.807, 2.05) is 55.6 Å². The first-order valence-corrected chi connectivity index (χ1v) is 9.08. The van der Waals surface area contributed by atoms with Crippen LogP contribution in [0.25, 0.3) is 11.1 Å². The lowest BCUT2D eigenvalue weighted by Crippen LogP contribution is -2.21. The van der Waals surface area contributed by atoms with Gasteiger partial charge in [-0.3, -0.25) is 4.98 Å². The van der Waals surface area contributed by atoms with E-state index in [1.54, 1.807) is 6.20 Å². The molecule has 15 heteroatoms. The number of pyridine rings is 1. The van der Waals surface area contributed by atoms with Crippen molar-refractivity contribution in [2.24, 2.45) is 0 Å². The van der Waals surface area contributed by atoms with Crippen LogP contribution in [0.15, 0.2) is 54.9 Å². The van der Waals surface area contributed by atoms with Crippen molar-refractivity contribution in [1.29, 1.82) is 0 Å². The number of hydrogen-bond donors (Lipinski definition) is 4. The summed E-state index contributed by atoms with van der Waals surface area (Å²) in [7, 11) is 0. The molecular weight excluding hydrogens is 488 g/mol. The van der Waals surface area contributed by atoms with Crippen LogP contribution in [0.2, 0.25) is 0 Å². The Labute approximate surface area is 193 Å². The van der Waals surface area contributed by atoms with Crippen molar-refractivity contribution in [2.75, 3.05) is 11.1 Å². The number of nitrogens with two attached hydrogens (primary N) is 1. The summed E-state index contributed by atoms with van der Waals surface area (Å²) in [6.07, 6.45) is -6.57. The number of carboxylic acid groups (broad SMARTS) is 2. The van der Waals surface area contributed by atoms with Gasteiger partial charge in [-0.2, -0.15) is 31.3 Å². The van der Waals surface area contributed by atoms with E-state index in [-0.39, 0.29) is 5.95 Å². The van der Waals surface area contributed by atoms with Gasteiger partial charge in [-0.25, -0.2) is 14.6 Å². The van der Waals surface area contributed by atoms with Gasteiger partial charge in [0.25, 0.3) is 0 Å². The van der Waals surface area contributed by atoms with Gasteiger partial charge in [-0.05, 0) is 30.7 Å². The first-order chi connectivity index (χ1) is 16.1. The van der Waals surface area contributed by atoms with Crippen molar-refractivity contribution in [3.8, 4) is 11.1 Å². The third kappa shape index (κ3) is 10.8. The monoisotopic (exact) mass is 505 g/mol. The summed E-state index contributed by atoms with van der Waals surface area (Å²) >= 11 is 0. The summed E-state index contributed by atoms with van der Waals surface area (Å²) in [4.78, 5) is 30.2. The number of aromatic nitrogens is 3. The fourth-order valence-electron chi connectivity index (χ4n) is 2.11. The van der Waals surface area contributed by atoms with E-state index >= 15 is 0 Å². The molecule has 188 valence electrons. The van der Waals surface area contributed by atoms with E-state index in [0.717, 1.165) is 22.5 Å². The van der Waals surface area contributed by atoms with Gasteiger partial charge in [-0.1, -0.05) is 18.2 Å². The van der Waals surface area contributed by atoms with Crippen LogP contribution < -0.4 is 11.1 Å². The molecule has 3 rings (SSSR count). The average molecular weight is 505 g/mol. The topological polar surface area (TPSA) is 151 Å². The van der Waals surface area contributed by atoms with Gasteiger partial charge in [0.05, 0.1) is 0 Å². The van der Waals surface area contributed by atoms with Crippen LogP contribution in [0.4, 0.5) is 43.8 Å². The summed E-state index contributed by atoms with van der Waals surface area (Å²) in [5, 5.41) is 17.5. The number of anilines is 3. The van der Waals surface area contributed by atoms with Gasteiger partial charge in [0, 0.05) is 35.4 Å². The van der Waals surface area contributed by atoms with E-state index < -0.39 is 24.3 Å². The number of benzene rings is 1. The van der Waals surface area contributed by atoms with Gasteiger partial charge >= 0.3 is 24.3 Å². The molecule has 0 fully saturated rings. The maximum atomic E-state index is 10.6. The number of carbonyl (C=O) groups is 2. The zero-order chi connectivity index (χ0) is 26.8. The Morgan fingerprint density at radius 2 is 1.43 bits per heavy atom. The molecule has 0 aliphatic carbocycles. The Bertz CT molecular complexity index is 1100. The molecule has 0 aliphatic rings. The molecule has 35 heavy (non-hydrogen) atoms. The fourth-order valence-corrected chi connectivity index (χ4v) is 2.11. The third-order valence-corrected chi connectivity index (χ3v) is 3.49. The maximum absolute atomic E-state index is 10.6. The number of rotatable bonds is 3. The zero-order valence-electron chi connectivity index (χ0n) is 17.6. The summed E-state index contributed by atoms with van der Waals surface area (Å²) < 4.78 is 63.5. The SMILES string of the molecule is Cc1cc(Nc2cccc(-c3cccnc3)c2)nc(N)n1.O=C(O)C(F)(F)F.O=C(O)C(F)(F)F. The molecule has 5 N–H and O–H groups in total. The van der Waals surface area contributed by atoms with Crippen molar-refractivity contribution in [2.45, 2.75) is 19.3 Å². The van der Waals surface area contributed by atoms with E-state index in [4.69, 9.17) is 25.5 Å². The van der Waals surface area contributed by atoms with Crippen LogP contribution in [-0.4, -0.2) is 49.5 Å². The van der Waals surface area contributed by atoms with Crippen molar-refractivity contribution in [3.63, 3.8) is 0 Å². The van der Waals surface area contributed by atoms with E-state index in [0.29, 0.717) is 5.82 Å². The largest absolute Gasteiger partial charge is 0.490 e. The second-order valence-electron chi connectivity index (χ2n) is 6.31. The van der Waals surface area contributed by atoms with E-state index in [2.05, 4.69) is 20.3 Å². The van der Waals surface area contributed by atoms with Crippen LogP contribution in [0, 0.1) is 6.92 Å². The van der Waals surface area contributed by atoms with Gasteiger partial charge in [0.2, 0.25) is 5.95 Å². The number of nitrogens with zero attached hydrogens (tertiary/aromatic N) is 3. The highest BCUT2D eigenvalue weighted by Crippen LogP contribution is 2.24. The Morgan fingerprint density at radius 3 is 1.89 bits per heavy atom. The Morgan fingerprint density at radius 1 is 0.886 bits per heavy atom. The minimum absolute atomic E-state index is 0.265. The van der Waals surface area contributed by atoms with Gasteiger partial charge < -0.3 is 21.3 Å². The molecule has 0 bridgehead atoms. The van der Waals surface area contributed by atoms with Gasteiger partial charge in [0.15, 0.2) is 0 Å². The highest BCUT2D eigenvalue weighted by molar-refractivity contribution is 5.73. The van der Waals surface area contributed by atoms with Crippen LogP contribution in [0.5, 0.6) is 0 Å². The number of nitrogens with one attached hydrogen (secondary N) is 1. The average Bonchev–Trinajstić information content (AvgIpc) is 2.73. The first-order valence-electron chi connectivity index (χ1n) is 9.08. The number of aliphatic carboxylic acids is 2. The molecule has 2 aromatic heterocycles. The molecule has 0 radical (unpaired) electrons. The molecule has 0 amide bonds. The number of carboxylic acids is 2. The highest BCUT2D eigenvalue weighted by atomic mass is 19.4. The second-order valence-corrected chi connectivity index (χ2v) is 6.31. The smallest absolute Gasteiger partial charge is 0.475 e. The van der Waals surface area contributed by atoms with Crippen molar-refractivity contribution < 1.29 is 46.1 Å². The summed E-state index contributed by atoms with van der Waals surface area (Å²) in [6, 6.07) is 13.9. The molecular formula is C20H17F6N5O4. The number of halogens is 6. The van der Waals surface area contributed by atoms with E-state index in [9.17, 15) is 26.3 Å². The molecule has 1 aromatic carbocycles. The fraction of sp³-hybridized carbons (Fsp3) is 0.150. The number of alkyl halides is 6. The molecule has 0 unspecified atom stereocenters. The zero-order valence-corrected chi connectivity index (χ0v) is 17.6. The molecule has 0 saturated carbocycles. The molecule has 0 saturated heterocycles. The van der Waals surface area contributed by atoms with Crippen molar-refractivity contribution >= 4 is 29.4 Å². The Kier molecular flexibility index (Phi) is 9.93. The van der Waals surface area contributed by atoms with Crippen LogP contribution >= 0.6 is 0 Å². The predicted molar refractivity (Wildman–Crippen MR) is 112 cm³/mol. The van der Waals surface area contributed by atoms with Crippen LogP contribution in [0.3, 0.4) is 0 Å². The van der Waals surface area contributed by atoms with Crippen LogP contribution in [0.1, 0.15) is 5.69 Å². The molecule has 0 aliphatic heterocycles. The second kappa shape index (κ2) is 12.2. The first kappa shape index (κ1) is 28.6. The molecule has 0 spiro atoms. The maximum Gasteiger partial charge on any atom is 0.490 e. The Balaban J connectivity index is 0.000000362. The Hall–Kier alpha value is -4.43. The standard InChI is InChI=1S/C16H15N5.2C2HF3O2/c1-11-8-15(21-16(17)19-11)20-14-6-2-4-12(9-14)13-5-3-7-18-10-13;2*3-2(4,5)1(6)7/h2-10H,1H3,(H3,17,19,20,21);2*(H,6,7). The molecule has 2 heterocycles. The summed E-state index contributed by atoms with van der Waals surface area (Å²) in [6.45, 7) is 1.88. The van der Waals surface area contributed by atoms with E-state index in [1.165, 1.54) is 0 Å². The number of hydrogen-bond acceptors (Lipinski definition) is 7. The minimum Gasteiger partial charge on any atom is -0.475 e. The van der Waals surface area contributed by atoms with Gasteiger partial charge in [-0.15, -0.1) is 0 Å². The number of nitrogen functional groups attached to an aromatic ring is 1. The van der Waals surface area contributed by atoms with Crippen molar-refractivity contribution in [1.82, 2.24) is 15.0 Å². The number of aryl methyl sites for hydroxylation is 1. The van der Waals surface area contributed by atoms with Crippen LogP contribution in [-0.2, 0) is 9.59 Å². The molecule has 0 atom stereocenters. The lowest BCUT2D eigenvalue weighted by Gasteiger charge is -2.09. The molecule has 3 aromatic rings. The molecule has 9 nitrogen and oxygen atoms in total. The summed E-state index contributed by atoms with van der Waals surface area (Å²) in [5.74, 6) is -4.57. The van der Waals surface area contributed by atoms with Gasteiger partial charge in [0.1, 0.15) is 5.82 Å². The normalized spacial score (nSPS) is 10.7. The quantitative estimate of drug-likeness (QED) is 0.379. The van der Waals surface area contributed by atoms with Crippen molar-refractivity contribution in [3.05, 3.63) is 60.6 Å². The minimum atomic E-state index is -5.08. The predicted octanol–water partition coefficient (Wildman–Crippen LogP) is 4.44. The highest BCUT2D eigenvalue weighted by Gasteiger charge is 2.38. The lowest BCUT2D eigenvalue weighted by atomic mass is 10.1. The lowest BCUT2D eigenvalue weighted by molar-refractivity contribution is -0.193. The third-order valence-electron chi connectivity index (χ3n) is 3.49.